The second kappa shape index (κ2) is 10.4. The fraction of sp³-hybridized carbons (Fsp3) is 0.348. The highest BCUT2D eigenvalue weighted by Gasteiger charge is 2.26. The van der Waals surface area contributed by atoms with E-state index in [0.29, 0.717) is 30.3 Å². The molecule has 0 bridgehead atoms. The van der Waals surface area contributed by atoms with E-state index in [4.69, 9.17) is 9.47 Å². The Labute approximate surface area is 185 Å². The molecule has 1 aliphatic rings. The van der Waals surface area contributed by atoms with Crippen LogP contribution in [0.5, 0.6) is 0 Å². The Morgan fingerprint density at radius 2 is 2.00 bits per heavy atom. The van der Waals surface area contributed by atoms with E-state index in [0.717, 1.165) is 11.1 Å². The summed E-state index contributed by atoms with van der Waals surface area (Å²) in [6.45, 7) is 6.56. The van der Waals surface area contributed by atoms with Gasteiger partial charge in [0.2, 0.25) is 5.91 Å². The Kier molecular flexibility index (Phi) is 7.59. The molecule has 0 spiro atoms. The lowest BCUT2D eigenvalue weighted by molar-refractivity contribution is -0.141. The van der Waals surface area contributed by atoms with Crippen LogP contribution in [-0.4, -0.2) is 55.1 Å². The lowest BCUT2D eigenvalue weighted by Gasteiger charge is -2.30. The summed E-state index contributed by atoms with van der Waals surface area (Å²) in [5.74, 6) is -1.24. The first-order chi connectivity index (χ1) is 14.8. The third kappa shape index (κ3) is 6.02. The summed E-state index contributed by atoms with van der Waals surface area (Å²) >= 11 is 1.24. The third-order valence-corrected chi connectivity index (χ3v) is 5.55. The van der Waals surface area contributed by atoms with Crippen LogP contribution in [0.3, 0.4) is 0 Å². The minimum Gasteiger partial charge on any atom is -0.452 e. The fourth-order valence-corrected chi connectivity index (χ4v) is 4.19. The van der Waals surface area contributed by atoms with Crippen LogP contribution in [0.1, 0.15) is 31.1 Å². The van der Waals surface area contributed by atoms with E-state index in [-0.39, 0.29) is 30.1 Å². The molecule has 1 saturated heterocycles. The van der Waals surface area contributed by atoms with E-state index in [9.17, 15) is 14.4 Å². The van der Waals surface area contributed by atoms with Crippen molar-refractivity contribution in [1.29, 1.82) is 0 Å². The maximum Gasteiger partial charge on any atom is 0.342 e. The molecule has 1 fully saturated rings. The van der Waals surface area contributed by atoms with Crippen molar-refractivity contribution >= 4 is 34.1 Å². The Hall–Kier alpha value is -2.97. The number of nitrogens with one attached hydrogen (secondary N) is 1. The zero-order valence-electron chi connectivity index (χ0n) is 17.8. The van der Waals surface area contributed by atoms with E-state index in [1.54, 1.807) is 10.3 Å². The zero-order chi connectivity index (χ0) is 22.4. The van der Waals surface area contributed by atoms with Crippen molar-refractivity contribution in [3.63, 3.8) is 0 Å². The Morgan fingerprint density at radius 3 is 2.68 bits per heavy atom. The predicted octanol–water partition coefficient (Wildman–Crippen LogP) is 3.72. The van der Waals surface area contributed by atoms with Gasteiger partial charge < -0.3 is 19.7 Å². The Balaban J connectivity index is 1.80. The normalized spacial score (nSPS) is 15.8. The van der Waals surface area contributed by atoms with Gasteiger partial charge in [0.25, 0.3) is 5.91 Å². The molecule has 2 amide bonds. The quantitative estimate of drug-likeness (QED) is 0.544. The first-order valence-corrected chi connectivity index (χ1v) is 10.9. The molecular weight excluding hydrogens is 416 g/mol. The molecule has 0 saturated carbocycles. The van der Waals surface area contributed by atoms with Crippen molar-refractivity contribution in [2.75, 3.05) is 31.6 Å². The number of hydrogen-bond donors (Lipinski definition) is 1. The number of benzene rings is 1. The highest BCUT2D eigenvalue weighted by molar-refractivity contribution is 7.15. The number of amides is 2. The second-order valence-electron chi connectivity index (χ2n) is 7.53. The van der Waals surface area contributed by atoms with Crippen LogP contribution in [0.15, 0.2) is 47.4 Å². The molecule has 0 aliphatic carbocycles. The molecule has 0 radical (unpaired) electrons. The number of thiophene rings is 1. The summed E-state index contributed by atoms with van der Waals surface area (Å²) in [7, 11) is 0. The van der Waals surface area contributed by atoms with Gasteiger partial charge in [-0.25, -0.2) is 4.79 Å². The summed E-state index contributed by atoms with van der Waals surface area (Å²) in [4.78, 5) is 39.3. The average molecular weight is 443 g/mol. The molecule has 1 N–H and O–H groups in total. The minimum absolute atomic E-state index is 0.0492. The molecule has 2 aromatic rings. The second-order valence-corrected chi connectivity index (χ2v) is 8.41. The highest BCUT2D eigenvalue weighted by Crippen LogP contribution is 2.36. The molecule has 1 aliphatic heterocycles. The van der Waals surface area contributed by atoms with Gasteiger partial charge in [0, 0.05) is 30.1 Å². The summed E-state index contributed by atoms with van der Waals surface area (Å²) in [6.07, 6.45) is 1.41. The molecule has 31 heavy (non-hydrogen) atoms. The fourth-order valence-electron chi connectivity index (χ4n) is 3.23. The van der Waals surface area contributed by atoms with E-state index in [1.165, 1.54) is 17.4 Å². The van der Waals surface area contributed by atoms with Gasteiger partial charge >= 0.3 is 5.97 Å². The molecule has 164 valence electrons. The van der Waals surface area contributed by atoms with Crippen LogP contribution >= 0.6 is 11.3 Å². The number of morpholine rings is 1. The number of ether oxygens (including phenoxy) is 2. The van der Waals surface area contributed by atoms with Gasteiger partial charge in [-0.3, -0.25) is 9.59 Å². The largest absolute Gasteiger partial charge is 0.452 e. The predicted molar refractivity (Wildman–Crippen MR) is 120 cm³/mol. The molecule has 1 unspecified atom stereocenters. The zero-order valence-corrected chi connectivity index (χ0v) is 18.7. The van der Waals surface area contributed by atoms with Crippen molar-refractivity contribution in [2.24, 2.45) is 0 Å². The van der Waals surface area contributed by atoms with Crippen molar-refractivity contribution in [3.8, 4) is 11.1 Å². The number of nitrogens with zero attached hydrogens (tertiary/aromatic N) is 1. The topological polar surface area (TPSA) is 84.9 Å². The number of carbonyl (C=O) groups excluding carboxylic acids is 3. The molecule has 1 atom stereocenters. The molecule has 1 aromatic carbocycles. The van der Waals surface area contributed by atoms with Gasteiger partial charge in [0.15, 0.2) is 6.61 Å². The number of esters is 1. The number of rotatable bonds is 6. The van der Waals surface area contributed by atoms with Crippen LogP contribution in [-0.2, 0) is 19.1 Å². The van der Waals surface area contributed by atoms with Crippen LogP contribution < -0.4 is 5.32 Å². The molecule has 8 heteroatoms. The SMILES string of the molecule is CC(C)=CC(=O)Nc1scc(-c2ccccc2)c1C(=O)OCC(=O)N1CCOC(C)C1. The molecule has 7 nitrogen and oxygen atoms in total. The summed E-state index contributed by atoms with van der Waals surface area (Å²) in [5.41, 5.74) is 2.55. The van der Waals surface area contributed by atoms with Gasteiger partial charge in [-0.15, -0.1) is 11.3 Å². The standard InChI is InChI=1S/C23H26N2O5S/c1-15(2)11-19(26)24-22-21(18(14-31-22)17-7-5-4-6-8-17)23(28)30-13-20(27)25-9-10-29-16(3)12-25/h4-8,11,14,16H,9-10,12-13H2,1-3H3,(H,24,26). The summed E-state index contributed by atoms with van der Waals surface area (Å²) < 4.78 is 10.8. The summed E-state index contributed by atoms with van der Waals surface area (Å²) in [6, 6.07) is 9.37. The smallest absolute Gasteiger partial charge is 0.342 e. The third-order valence-electron chi connectivity index (χ3n) is 4.66. The molecule has 1 aromatic heterocycles. The monoisotopic (exact) mass is 442 g/mol. The molecule has 3 rings (SSSR count). The number of anilines is 1. The van der Waals surface area contributed by atoms with Gasteiger partial charge in [0.05, 0.1) is 12.7 Å². The van der Waals surface area contributed by atoms with Crippen molar-refractivity contribution in [3.05, 3.63) is 52.9 Å². The van der Waals surface area contributed by atoms with Gasteiger partial charge in [0.1, 0.15) is 10.6 Å². The van der Waals surface area contributed by atoms with Crippen molar-refractivity contribution in [2.45, 2.75) is 26.9 Å². The van der Waals surface area contributed by atoms with E-state index >= 15 is 0 Å². The van der Waals surface area contributed by atoms with Gasteiger partial charge in [-0.05, 0) is 26.3 Å². The van der Waals surface area contributed by atoms with Crippen molar-refractivity contribution in [1.82, 2.24) is 4.90 Å². The highest BCUT2D eigenvalue weighted by atomic mass is 32.1. The maximum absolute atomic E-state index is 13.0. The van der Waals surface area contributed by atoms with Crippen molar-refractivity contribution < 1.29 is 23.9 Å². The van der Waals surface area contributed by atoms with Crippen LogP contribution in [0.4, 0.5) is 5.00 Å². The van der Waals surface area contributed by atoms with Crippen LogP contribution in [0, 0.1) is 0 Å². The number of carbonyl (C=O) groups is 3. The first-order valence-electron chi connectivity index (χ1n) is 10.0. The molecule has 2 heterocycles. The average Bonchev–Trinajstić information content (AvgIpc) is 3.15. The van der Waals surface area contributed by atoms with E-state index in [1.807, 2.05) is 51.1 Å². The Morgan fingerprint density at radius 1 is 1.26 bits per heavy atom. The molecular formula is C23H26N2O5S. The lowest BCUT2D eigenvalue weighted by atomic mass is 10.0. The maximum atomic E-state index is 13.0. The summed E-state index contributed by atoms with van der Waals surface area (Å²) in [5, 5.41) is 4.95. The van der Waals surface area contributed by atoms with Gasteiger partial charge in [-0.1, -0.05) is 35.9 Å². The number of allylic oxidation sites excluding steroid dienone is 1. The van der Waals surface area contributed by atoms with E-state index in [2.05, 4.69) is 5.32 Å². The van der Waals surface area contributed by atoms with Crippen LogP contribution in [0.2, 0.25) is 0 Å². The Bertz CT molecular complexity index is 979. The van der Waals surface area contributed by atoms with E-state index < -0.39 is 5.97 Å². The van der Waals surface area contributed by atoms with Crippen LogP contribution in [0.25, 0.3) is 11.1 Å². The van der Waals surface area contributed by atoms with Gasteiger partial charge in [-0.2, -0.15) is 0 Å². The number of hydrogen-bond acceptors (Lipinski definition) is 6. The first kappa shape index (κ1) is 22.7. The lowest BCUT2D eigenvalue weighted by Crippen LogP contribution is -2.46. The minimum atomic E-state index is -0.651.